The number of halogens is 1. The van der Waals surface area contributed by atoms with Crippen LogP contribution >= 0.6 is 0 Å². The number of sulfone groups is 1. The molecular formula is C11H15FO2S. The van der Waals surface area contributed by atoms with E-state index in [4.69, 9.17) is 0 Å². The van der Waals surface area contributed by atoms with Crippen molar-refractivity contribution in [3.8, 4) is 0 Å². The van der Waals surface area contributed by atoms with Crippen molar-refractivity contribution in [2.24, 2.45) is 0 Å². The molecule has 0 spiro atoms. The summed E-state index contributed by atoms with van der Waals surface area (Å²) in [5.41, 5.74) is 0. The first kappa shape index (κ1) is 12.2. The van der Waals surface area contributed by atoms with Crippen molar-refractivity contribution in [2.75, 3.05) is 5.75 Å². The van der Waals surface area contributed by atoms with Gasteiger partial charge in [0.05, 0.1) is 5.75 Å². The first-order valence-electron chi connectivity index (χ1n) is 5.05. The monoisotopic (exact) mass is 230 g/mol. The molecule has 0 atom stereocenters. The predicted molar refractivity (Wildman–Crippen MR) is 58.0 cm³/mol. The molecule has 0 radical (unpaired) electrons. The van der Waals surface area contributed by atoms with E-state index in [9.17, 15) is 12.8 Å². The summed E-state index contributed by atoms with van der Waals surface area (Å²) >= 11 is 0. The Hall–Kier alpha value is -0.900. The van der Waals surface area contributed by atoms with Crippen molar-refractivity contribution in [1.82, 2.24) is 0 Å². The van der Waals surface area contributed by atoms with E-state index in [1.165, 1.54) is 24.3 Å². The molecule has 15 heavy (non-hydrogen) atoms. The lowest BCUT2D eigenvalue weighted by Gasteiger charge is -2.04. The molecule has 1 aromatic rings. The minimum absolute atomic E-state index is 0.0295. The smallest absolute Gasteiger partial charge is 0.181 e. The molecule has 0 bridgehead atoms. The minimum Gasteiger partial charge on any atom is -0.224 e. The molecule has 0 fully saturated rings. The zero-order valence-corrected chi connectivity index (χ0v) is 9.56. The second-order valence-corrected chi connectivity index (χ2v) is 5.53. The second-order valence-electron chi connectivity index (χ2n) is 3.46. The van der Waals surface area contributed by atoms with Crippen LogP contribution in [0.3, 0.4) is 0 Å². The second kappa shape index (κ2) is 5.26. The zero-order valence-electron chi connectivity index (χ0n) is 8.74. The minimum atomic E-state index is -3.44. The Bertz CT molecular complexity index is 412. The number of unbranched alkanes of at least 4 members (excludes halogenated alkanes) is 2. The van der Waals surface area contributed by atoms with Gasteiger partial charge in [-0.05, 0) is 18.6 Å². The Labute approximate surface area is 90.0 Å². The van der Waals surface area contributed by atoms with Gasteiger partial charge in [-0.15, -0.1) is 0 Å². The summed E-state index contributed by atoms with van der Waals surface area (Å²) in [6.07, 6.45) is 2.40. The molecule has 0 aliphatic carbocycles. The van der Waals surface area contributed by atoms with Crippen LogP contribution in [0.1, 0.15) is 26.2 Å². The summed E-state index contributed by atoms with van der Waals surface area (Å²) in [7, 11) is -3.44. The third-order valence-electron chi connectivity index (χ3n) is 2.19. The maximum atomic E-state index is 13.2. The first-order chi connectivity index (χ1) is 7.08. The molecule has 0 aromatic heterocycles. The summed E-state index contributed by atoms with van der Waals surface area (Å²) in [4.78, 5) is -0.180. The maximum Gasteiger partial charge on any atom is 0.181 e. The van der Waals surface area contributed by atoms with Gasteiger partial charge in [0, 0.05) is 0 Å². The highest BCUT2D eigenvalue weighted by Gasteiger charge is 2.17. The number of benzene rings is 1. The van der Waals surface area contributed by atoms with Crippen LogP contribution < -0.4 is 0 Å². The highest BCUT2D eigenvalue weighted by Crippen LogP contribution is 2.16. The van der Waals surface area contributed by atoms with E-state index < -0.39 is 15.7 Å². The zero-order chi connectivity index (χ0) is 11.3. The van der Waals surface area contributed by atoms with Gasteiger partial charge in [0.15, 0.2) is 9.84 Å². The third kappa shape index (κ3) is 3.30. The Kier molecular flexibility index (Phi) is 4.27. The Balaban J connectivity index is 2.83. The van der Waals surface area contributed by atoms with E-state index in [2.05, 4.69) is 0 Å². The standard InChI is InChI=1S/C11H15FO2S/c1-2-3-6-9-15(13,14)11-8-5-4-7-10(11)12/h4-5,7-8H,2-3,6,9H2,1H3. The van der Waals surface area contributed by atoms with Crippen LogP contribution in [0.2, 0.25) is 0 Å². The van der Waals surface area contributed by atoms with E-state index in [0.717, 1.165) is 12.8 Å². The predicted octanol–water partition coefficient (Wildman–Crippen LogP) is 2.79. The summed E-state index contributed by atoms with van der Waals surface area (Å²) in [5, 5.41) is 0. The summed E-state index contributed by atoms with van der Waals surface area (Å²) in [6.45, 7) is 2.00. The van der Waals surface area contributed by atoms with Crippen molar-refractivity contribution in [2.45, 2.75) is 31.1 Å². The highest BCUT2D eigenvalue weighted by atomic mass is 32.2. The summed E-state index contributed by atoms with van der Waals surface area (Å²) in [5.74, 6) is -0.629. The number of hydrogen-bond acceptors (Lipinski definition) is 2. The summed E-state index contributed by atoms with van der Waals surface area (Å²) in [6, 6.07) is 5.51. The van der Waals surface area contributed by atoms with Crippen LogP contribution in [0.5, 0.6) is 0 Å². The van der Waals surface area contributed by atoms with Crippen LogP contribution in [-0.4, -0.2) is 14.2 Å². The molecule has 0 saturated carbocycles. The average Bonchev–Trinajstić information content (AvgIpc) is 2.18. The highest BCUT2D eigenvalue weighted by molar-refractivity contribution is 7.91. The first-order valence-corrected chi connectivity index (χ1v) is 6.70. The molecule has 1 aromatic carbocycles. The van der Waals surface area contributed by atoms with Gasteiger partial charge < -0.3 is 0 Å². The van der Waals surface area contributed by atoms with Crippen molar-refractivity contribution in [3.63, 3.8) is 0 Å². The lowest BCUT2D eigenvalue weighted by molar-refractivity contribution is 0.564. The van der Waals surface area contributed by atoms with Gasteiger partial charge in [0.25, 0.3) is 0 Å². The molecule has 0 heterocycles. The molecule has 1 rings (SSSR count). The fourth-order valence-corrected chi connectivity index (χ4v) is 2.80. The van der Waals surface area contributed by atoms with Crippen LogP contribution in [0, 0.1) is 5.82 Å². The van der Waals surface area contributed by atoms with E-state index in [1.807, 2.05) is 6.92 Å². The van der Waals surface area contributed by atoms with Gasteiger partial charge in [-0.1, -0.05) is 31.9 Å². The Morgan fingerprint density at radius 1 is 1.20 bits per heavy atom. The molecule has 0 N–H and O–H groups in total. The van der Waals surface area contributed by atoms with Crippen LogP contribution in [0.4, 0.5) is 4.39 Å². The van der Waals surface area contributed by atoms with Crippen molar-refractivity contribution in [3.05, 3.63) is 30.1 Å². The fraction of sp³-hybridized carbons (Fsp3) is 0.455. The van der Waals surface area contributed by atoms with Crippen molar-refractivity contribution < 1.29 is 12.8 Å². The number of hydrogen-bond donors (Lipinski definition) is 0. The fourth-order valence-electron chi connectivity index (χ4n) is 1.35. The molecule has 4 heteroatoms. The molecule has 0 aliphatic rings. The SMILES string of the molecule is CCCCCS(=O)(=O)c1ccccc1F. The molecule has 0 aliphatic heterocycles. The molecule has 0 saturated heterocycles. The van der Waals surface area contributed by atoms with Gasteiger partial charge >= 0.3 is 0 Å². The van der Waals surface area contributed by atoms with Crippen molar-refractivity contribution in [1.29, 1.82) is 0 Å². The molecular weight excluding hydrogens is 215 g/mol. The van der Waals surface area contributed by atoms with Gasteiger partial charge in [0.2, 0.25) is 0 Å². The van der Waals surface area contributed by atoms with E-state index in [-0.39, 0.29) is 10.6 Å². The van der Waals surface area contributed by atoms with Crippen LogP contribution in [0.15, 0.2) is 29.2 Å². The van der Waals surface area contributed by atoms with E-state index in [0.29, 0.717) is 6.42 Å². The van der Waals surface area contributed by atoms with Crippen LogP contribution in [0.25, 0.3) is 0 Å². The molecule has 2 nitrogen and oxygen atoms in total. The lowest BCUT2D eigenvalue weighted by atomic mass is 10.3. The lowest BCUT2D eigenvalue weighted by Crippen LogP contribution is -2.08. The maximum absolute atomic E-state index is 13.2. The largest absolute Gasteiger partial charge is 0.224 e. The molecule has 0 unspecified atom stereocenters. The normalized spacial score (nSPS) is 11.6. The van der Waals surface area contributed by atoms with Gasteiger partial charge in [-0.25, -0.2) is 12.8 Å². The molecule has 0 amide bonds. The van der Waals surface area contributed by atoms with Gasteiger partial charge in [0.1, 0.15) is 10.7 Å². The quantitative estimate of drug-likeness (QED) is 0.729. The topological polar surface area (TPSA) is 34.1 Å². The summed E-state index contributed by atoms with van der Waals surface area (Å²) < 4.78 is 36.6. The molecule has 84 valence electrons. The van der Waals surface area contributed by atoms with Gasteiger partial charge in [-0.2, -0.15) is 0 Å². The van der Waals surface area contributed by atoms with Crippen LogP contribution in [-0.2, 0) is 9.84 Å². The Morgan fingerprint density at radius 3 is 2.47 bits per heavy atom. The average molecular weight is 230 g/mol. The van der Waals surface area contributed by atoms with E-state index >= 15 is 0 Å². The third-order valence-corrected chi connectivity index (χ3v) is 4.02. The number of rotatable bonds is 5. The van der Waals surface area contributed by atoms with Gasteiger partial charge in [-0.3, -0.25) is 0 Å². The van der Waals surface area contributed by atoms with E-state index in [1.54, 1.807) is 0 Å². The van der Waals surface area contributed by atoms with Crippen molar-refractivity contribution >= 4 is 9.84 Å². The Morgan fingerprint density at radius 2 is 1.87 bits per heavy atom.